The molecule has 0 spiro atoms. The van der Waals surface area contributed by atoms with Crippen molar-refractivity contribution in [1.82, 2.24) is 9.78 Å². The van der Waals surface area contributed by atoms with Crippen LogP contribution >= 0.6 is 0 Å². The van der Waals surface area contributed by atoms with E-state index in [1.807, 2.05) is 0 Å². The average Bonchev–Trinajstić information content (AvgIpc) is 2.84. The number of alkyl halides is 3. The quantitative estimate of drug-likeness (QED) is 0.797. The summed E-state index contributed by atoms with van der Waals surface area (Å²) in [5.74, 6) is -0.689. The molecule has 0 unspecified atom stereocenters. The molecule has 0 atom stereocenters. The van der Waals surface area contributed by atoms with E-state index in [1.54, 1.807) is 6.92 Å². The second kappa shape index (κ2) is 6.49. The standard InChI is InChI=1S/C14H19F3N2O2/c1-2-21-13(20)12-11(14(15,16)17)8-18-19(12)9-10-6-4-3-5-7-10/h8,10H,2-7,9H2,1H3. The maximum Gasteiger partial charge on any atom is 0.420 e. The van der Waals surface area contributed by atoms with E-state index in [9.17, 15) is 18.0 Å². The summed E-state index contributed by atoms with van der Waals surface area (Å²) in [5.41, 5.74) is -1.49. The predicted molar refractivity (Wildman–Crippen MR) is 69.8 cm³/mol. The SMILES string of the molecule is CCOC(=O)c1c(C(F)(F)F)cnn1CC1CCCCC1. The maximum atomic E-state index is 13.0. The normalized spacial score (nSPS) is 17.0. The molecule has 0 aliphatic heterocycles. The van der Waals surface area contributed by atoms with Gasteiger partial charge in [0.05, 0.1) is 12.8 Å². The maximum absolute atomic E-state index is 13.0. The highest BCUT2D eigenvalue weighted by Gasteiger charge is 2.39. The summed E-state index contributed by atoms with van der Waals surface area (Å²) in [7, 11) is 0. The van der Waals surface area contributed by atoms with E-state index >= 15 is 0 Å². The van der Waals surface area contributed by atoms with Gasteiger partial charge < -0.3 is 4.74 Å². The van der Waals surface area contributed by atoms with Crippen LogP contribution in [0.1, 0.15) is 55.1 Å². The summed E-state index contributed by atoms with van der Waals surface area (Å²) in [4.78, 5) is 11.9. The highest BCUT2D eigenvalue weighted by molar-refractivity contribution is 5.89. The molecule has 1 fully saturated rings. The summed E-state index contributed by atoms with van der Waals surface area (Å²) in [6.45, 7) is 1.93. The van der Waals surface area contributed by atoms with Crippen molar-refractivity contribution in [3.63, 3.8) is 0 Å². The van der Waals surface area contributed by atoms with Crippen molar-refractivity contribution in [3.8, 4) is 0 Å². The third-order valence-electron chi connectivity index (χ3n) is 3.77. The van der Waals surface area contributed by atoms with Crippen molar-refractivity contribution in [2.24, 2.45) is 5.92 Å². The Kier molecular flexibility index (Phi) is 4.90. The van der Waals surface area contributed by atoms with E-state index in [4.69, 9.17) is 4.74 Å². The molecule has 118 valence electrons. The molecular weight excluding hydrogens is 285 g/mol. The van der Waals surface area contributed by atoms with Crippen molar-refractivity contribution in [1.29, 1.82) is 0 Å². The number of ether oxygens (including phenoxy) is 1. The van der Waals surface area contributed by atoms with Gasteiger partial charge in [-0.1, -0.05) is 19.3 Å². The van der Waals surface area contributed by atoms with E-state index in [1.165, 1.54) is 0 Å². The lowest BCUT2D eigenvalue weighted by Gasteiger charge is -2.22. The zero-order chi connectivity index (χ0) is 15.5. The Morgan fingerprint density at radius 1 is 1.38 bits per heavy atom. The van der Waals surface area contributed by atoms with Gasteiger partial charge in [-0.05, 0) is 25.7 Å². The van der Waals surface area contributed by atoms with Crippen LogP contribution in [-0.2, 0) is 17.5 Å². The van der Waals surface area contributed by atoms with Crippen LogP contribution in [0.25, 0.3) is 0 Å². The molecule has 4 nitrogen and oxygen atoms in total. The van der Waals surface area contributed by atoms with Crippen molar-refractivity contribution < 1.29 is 22.7 Å². The van der Waals surface area contributed by atoms with Gasteiger partial charge in [0.1, 0.15) is 5.56 Å². The lowest BCUT2D eigenvalue weighted by molar-refractivity contribution is -0.138. The number of aromatic nitrogens is 2. The van der Waals surface area contributed by atoms with Crippen molar-refractivity contribution in [3.05, 3.63) is 17.5 Å². The number of carbonyl (C=O) groups excluding carboxylic acids is 1. The molecule has 0 aromatic carbocycles. The van der Waals surface area contributed by atoms with Gasteiger partial charge in [-0.3, -0.25) is 4.68 Å². The lowest BCUT2D eigenvalue weighted by atomic mass is 9.89. The van der Waals surface area contributed by atoms with Crippen LogP contribution in [0.15, 0.2) is 6.20 Å². The predicted octanol–water partition coefficient (Wildman–Crippen LogP) is 3.66. The summed E-state index contributed by atoms with van der Waals surface area (Å²) in [6, 6.07) is 0. The number of esters is 1. The molecule has 0 amide bonds. The van der Waals surface area contributed by atoms with Gasteiger partial charge >= 0.3 is 12.1 Å². The third-order valence-corrected chi connectivity index (χ3v) is 3.77. The van der Waals surface area contributed by atoms with Crippen LogP contribution in [0.4, 0.5) is 13.2 Å². The van der Waals surface area contributed by atoms with Crippen LogP contribution < -0.4 is 0 Å². The molecule has 1 heterocycles. The van der Waals surface area contributed by atoms with Crippen LogP contribution in [0.2, 0.25) is 0 Å². The molecular formula is C14H19F3N2O2. The molecule has 7 heteroatoms. The number of carbonyl (C=O) groups is 1. The molecule has 1 aromatic heterocycles. The monoisotopic (exact) mass is 304 g/mol. The van der Waals surface area contributed by atoms with Gasteiger partial charge in [-0.2, -0.15) is 18.3 Å². The Morgan fingerprint density at radius 3 is 2.62 bits per heavy atom. The van der Waals surface area contributed by atoms with E-state index < -0.39 is 23.4 Å². The van der Waals surface area contributed by atoms with Crippen LogP contribution in [0.3, 0.4) is 0 Å². The van der Waals surface area contributed by atoms with Gasteiger partial charge in [-0.15, -0.1) is 0 Å². The fraction of sp³-hybridized carbons (Fsp3) is 0.714. The van der Waals surface area contributed by atoms with Gasteiger partial charge in [0, 0.05) is 6.54 Å². The first-order valence-electron chi connectivity index (χ1n) is 7.23. The Morgan fingerprint density at radius 2 is 2.05 bits per heavy atom. The van der Waals surface area contributed by atoms with Crippen LogP contribution in [-0.4, -0.2) is 22.4 Å². The number of hydrogen-bond donors (Lipinski definition) is 0. The lowest BCUT2D eigenvalue weighted by Crippen LogP contribution is -2.22. The van der Waals surface area contributed by atoms with Gasteiger partial charge in [0.25, 0.3) is 0 Å². The first-order chi connectivity index (χ1) is 9.93. The minimum absolute atomic E-state index is 0.0325. The fourth-order valence-corrected chi connectivity index (χ4v) is 2.76. The fourth-order valence-electron chi connectivity index (χ4n) is 2.76. The second-order valence-electron chi connectivity index (χ2n) is 5.31. The zero-order valence-electron chi connectivity index (χ0n) is 11.9. The topological polar surface area (TPSA) is 44.1 Å². The summed E-state index contributed by atoms with van der Waals surface area (Å²) in [6.07, 6.45) is 1.35. The molecule has 2 rings (SSSR count). The average molecular weight is 304 g/mol. The minimum atomic E-state index is -4.60. The van der Waals surface area contributed by atoms with E-state index in [0.717, 1.165) is 43.0 Å². The molecule has 0 bridgehead atoms. The smallest absolute Gasteiger partial charge is 0.420 e. The molecule has 0 radical (unpaired) electrons. The molecule has 0 saturated heterocycles. The summed E-state index contributed by atoms with van der Waals surface area (Å²) >= 11 is 0. The Bertz CT molecular complexity index is 491. The number of halogens is 3. The highest BCUT2D eigenvalue weighted by atomic mass is 19.4. The second-order valence-corrected chi connectivity index (χ2v) is 5.31. The molecule has 1 aromatic rings. The number of rotatable bonds is 4. The first kappa shape index (κ1) is 15.9. The largest absolute Gasteiger partial charge is 0.461 e. The third kappa shape index (κ3) is 3.77. The summed E-state index contributed by atoms with van der Waals surface area (Å²) in [5, 5.41) is 3.78. The molecule has 1 aliphatic rings. The van der Waals surface area contributed by atoms with E-state index in [0.29, 0.717) is 6.54 Å². The van der Waals surface area contributed by atoms with Gasteiger partial charge in [0.2, 0.25) is 0 Å². The minimum Gasteiger partial charge on any atom is -0.461 e. The first-order valence-corrected chi connectivity index (χ1v) is 7.23. The molecule has 0 N–H and O–H groups in total. The van der Waals surface area contributed by atoms with E-state index in [-0.39, 0.29) is 12.5 Å². The van der Waals surface area contributed by atoms with Gasteiger partial charge in [0.15, 0.2) is 5.69 Å². The Labute approximate surface area is 121 Å². The van der Waals surface area contributed by atoms with Crippen molar-refractivity contribution in [2.75, 3.05) is 6.61 Å². The summed E-state index contributed by atoms with van der Waals surface area (Å²) < 4.78 is 44.9. The van der Waals surface area contributed by atoms with E-state index in [2.05, 4.69) is 5.10 Å². The van der Waals surface area contributed by atoms with Gasteiger partial charge in [-0.25, -0.2) is 4.79 Å². The van der Waals surface area contributed by atoms with Crippen LogP contribution in [0.5, 0.6) is 0 Å². The number of hydrogen-bond acceptors (Lipinski definition) is 3. The molecule has 1 saturated carbocycles. The molecule has 1 aliphatic carbocycles. The highest BCUT2D eigenvalue weighted by Crippen LogP contribution is 2.33. The Balaban J connectivity index is 2.27. The van der Waals surface area contributed by atoms with Crippen molar-refractivity contribution in [2.45, 2.75) is 51.7 Å². The number of nitrogens with zero attached hydrogens (tertiary/aromatic N) is 2. The zero-order valence-corrected chi connectivity index (χ0v) is 11.9. The Hall–Kier alpha value is -1.53. The van der Waals surface area contributed by atoms with Crippen LogP contribution in [0, 0.1) is 5.92 Å². The van der Waals surface area contributed by atoms with Crippen molar-refractivity contribution >= 4 is 5.97 Å². The molecule has 21 heavy (non-hydrogen) atoms.